The molecule has 1 atom stereocenters. The van der Waals surface area contributed by atoms with E-state index in [1.54, 1.807) is 25.3 Å². The zero-order valence-corrected chi connectivity index (χ0v) is 12.3. The Morgan fingerprint density at radius 1 is 1.53 bits per heavy atom. The zero-order valence-electron chi connectivity index (χ0n) is 10.7. The van der Waals surface area contributed by atoms with Crippen molar-refractivity contribution in [1.29, 1.82) is 0 Å². The van der Waals surface area contributed by atoms with Crippen molar-refractivity contribution in [2.24, 2.45) is 0 Å². The Labute approximate surface area is 119 Å². The molecule has 0 spiro atoms. The molecule has 1 heterocycles. The number of aromatic nitrogens is 1. The van der Waals surface area contributed by atoms with Crippen molar-refractivity contribution in [2.75, 3.05) is 13.2 Å². The fraction of sp³-hybridized carbons (Fsp3) is 0.417. The quantitative estimate of drug-likeness (QED) is 0.628. The van der Waals surface area contributed by atoms with Crippen molar-refractivity contribution in [3.63, 3.8) is 0 Å². The van der Waals surface area contributed by atoms with E-state index in [-0.39, 0.29) is 19.1 Å². The Hall–Kier alpha value is -1.63. The van der Waals surface area contributed by atoms with Crippen LogP contribution in [-0.4, -0.2) is 36.1 Å². The first-order valence-electron chi connectivity index (χ1n) is 5.71. The molecular formula is C12H15BrN2O4. The average molecular weight is 331 g/mol. The maximum absolute atomic E-state index is 11.6. The van der Waals surface area contributed by atoms with Gasteiger partial charge in [-0.3, -0.25) is 4.79 Å². The first kappa shape index (κ1) is 15.4. The smallest absolute Gasteiger partial charge is 0.332 e. The standard InChI is InChI=1S/C12H15BrN2O4/c1-3-18-12(17)10(15-8(2)16)7-19-9-4-5-14-11(13)6-9/h4-6,10H,3,7H2,1-2H3,(H,15,16). The van der Waals surface area contributed by atoms with Gasteiger partial charge in [0, 0.05) is 19.2 Å². The van der Waals surface area contributed by atoms with Crippen LogP contribution in [0.4, 0.5) is 0 Å². The third-order valence-electron chi connectivity index (χ3n) is 2.06. The second-order valence-electron chi connectivity index (χ2n) is 3.63. The molecule has 104 valence electrons. The number of hydrogen-bond donors (Lipinski definition) is 1. The number of rotatable bonds is 6. The Morgan fingerprint density at radius 2 is 2.26 bits per heavy atom. The largest absolute Gasteiger partial charge is 0.491 e. The van der Waals surface area contributed by atoms with Gasteiger partial charge in [-0.05, 0) is 28.9 Å². The van der Waals surface area contributed by atoms with Crippen molar-refractivity contribution < 1.29 is 19.1 Å². The van der Waals surface area contributed by atoms with Crippen LogP contribution in [-0.2, 0) is 14.3 Å². The minimum Gasteiger partial charge on any atom is -0.491 e. The Morgan fingerprint density at radius 3 is 2.84 bits per heavy atom. The van der Waals surface area contributed by atoms with Crippen LogP contribution in [0.5, 0.6) is 5.75 Å². The third kappa shape index (κ3) is 5.69. The summed E-state index contributed by atoms with van der Waals surface area (Å²) in [5.41, 5.74) is 0. The molecule has 0 saturated carbocycles. The van der Waals surface area contributed by atoms with Crippen LogP contribution < -0.4 is 10.1 Å². The number of ether oxygens (including phenoxy) is 2. The molecule has 1 rings (SSSR count). The van der Waals surface area contributed by atoms with Gasteiger partial charge in [-0.1, -0.05) is 0 Å². The van der Waals surface area contributed by atoms with Gasteiger partial charge in [0.15, 0.2) is 6.04 Å². The van der Waals surface area contributed by atoms with E-state index in [0.29, 0.717) is 10.4 Å². The number of esters is 1. The molecule has 0 saturated heterocycles. The van der Waals surface area contributed by atoms with E-state index < -0.39 is 12.0 Å². The second kappa shape index (κ2) is 7.73. The maximum atomic E-state index is 11.6. The average Bonchev–Trinajstić information content (AvgIpc) is 2.34. The normalized spacial score (nSPS) is 11.5. The van der Waals surface area contributed by atoms with Crippen LogP contribution in [0.25, 0.3) is 0 Å². The van der Waals surface area contributed by atoms with E-state index in [9.17, 15) is 9.59 Å². The number of nitrogens with one attached hydrogen (secondary N) is 1. The van der Waals surface area contributed by atoms with Gasteiger partial charge < -0.3 is 14.8 Å². The number of carbonyl (C=O) groups is 2. The fourth-order valence-electron chi connectivity index (χ4n) is 1.31. The molecule has 19 heavy (non-hydrogen) atoms. The zero-order chi connectivity index (χ0) is 14.3. The van der Waals surface area contributed by atoms with E-state index in [4.69, 9.17) is 9.47 Å². The summed E-state index contributed by atoms with van der Waals surface area (Å²) in [5.74, 6) is -0.301. The molecule has 1 unspecified atom stereocenters. The second-order valence-corrected chi connectivity index (χ2v) is 4.44. The summed E-state index contributed by atoms with van der Waals surface area (Å²) in [4.78, 5) is 26.6. The summed E-state index contributed by atoms with van der Waals surface area (Å²) in [7, 11) is 0. The Bertz CT molecular complexity index is 453. The van der Waals surface area contributed by atoms with E-state index >= 15 is 0 Å². The highest BCUT2D eigenvalue weighted by atomic mass is 79.9. The lowest BCUT2D eigenvalue weighted by atomic mass is 10.3. The molecule has 0 fully saturated rings. The number of pyridine rings is 1. The number of halogens is 1. The maximum Gasteiger partial charge on any atom is 0.332 e. The molecule has 1 aromatic heterocycles. The third-order valence-corrected chi connectivity index (χ3v) is 2.50. The van der Waals surface area contributed by atoms with Gasteiger partial charge in [0.05, 0.1) is 6.61 Å². The molecule has 6 nitrogen and oxygen atoms in total. The van der Waals surface area contributed by atoms with Crippen molar-refractivity contribution in [3.8, 4) is 5.75 Å². The van der Waals surface area contributed by atoms with Gasteiger partial charge in [-0.15, -0.1) is 0 Å². The highest BCUT2D eigenvalue weighted by Crippen LogP contribution is 2.15. The first-order chi connectivity index (χ1) is 9.02. The van der Waals surface area contributed by atoms with Gasteiger partial charge >= 0.3 is 5.97 Å². The van der Waals surface area contributed by atoms with Crippen LogP contribution in [0.15, 0.2) is 22.9 Å². The summed E-state index contributed by atoms with van der Waals surface area (Å²) < 4.78 is 10.9. The Balaban J connectivity index is 2.62. The molecule has 1 aromatic rings. The summed E-state index contributed by atoms with van der Waals surface area (Å²) in [6, 6.07) is 2.49. The fourth-order valence-corrected chi connectivity index (χ4v) is 1.65. The lowest BCUT2D eigenvalue weighted by Gasteiger charge is -2.17. The highest BCUT2D eigenvalue weighted by Gasteiger charge is 2.21. The van der Waals surface area contributed by atoms with Crippen LogP contribution in [0, 0.1) is 0 Å². The van der Waals surface area contributed by atoms with E-state index in [1.807, 2.05) is 0 Å². The van der Waals surface area contributed by atoms with Crippen LogP contribution in [0.2, 0.25) is 0 Å². The summed E-state index contributed by atoms with van der Waals surface area (Å²) >= 11 is 3.21. The van der Waals surface area contributed by atoms with E-state index in [2.05, 4.69) is 26.2 Å². The summed E-state index contributed by atoms with van der Waals surface area (Å²) in [6.45, 7) is 3.27. The van der Waals surface area contributed by atoms with Gasteiger partial charge in [0.25, 0.3) is 0 Å². The number of amides is 1. The Kier molecular flexibility index (Phi) is 6.27. The number of carbonyl (C=O) groups excluding carboxylic acids is 2. The predicted molar refractivity (Wildman–Crippen MR) is 71.7 cm³/mol. The lowest BCUT2D eigenvalue weighted by Crippen LogP contribution is -2.44. The van der Waals surface area contributed by atoms with E-state index in [0.717, 1.165) is 0 Å². The van der Waals surface area contributed by atoms with Crippen molar-refractivity contribution >= 4 is 27.8 Å². The van der Waals surface area contributed by atoms with Gasteiger partial charge in [-0.2, -0.15) is 0 Å². The molecular weight excluding hydrogens is 316 g/mol. The monoisotopic (exact) mass is 330 g/mol. The minimum atomic E-state index is -0.829. The van der Waals surface area contributed by atoms with Crippen LogP contribution in [0.1, 0.15) is 13.8 Å². The minimum absolute atomic E-state index is 0.00509. The van der Waals surface area contributed by atoms with Crippen molar-refractivity contribution in [2.45, 2.75) is 19.9 Å². The van der Waals surface area contributed by atoms with E-state index in [1.165, 1.54) is 6.92 Å². The first-order valence-corrected chi connectivity index (χ1v) is 6.50. The van der Waals surface area contributed by atoms with Gasteiger partial charge in [-0.25, -0.2) is 9.78 Å². The molecule has 0 aliphatic carbocycles. The molecule has 7 heteroatoms. The molecule has 0 aromatic carbocycles. The summed E-state index contributed by atoms with van der Waals surface area (Å²) in [6.07, 6.45) is 1.57. The number of nitrogens with zero attached hydrogens (tertiary/aromatic N) is 1. The molecule has 1 N–H and O–H groups in total. The summed E-state index contributed by atoms with van der Waals surface area (Å²) in [5, 5.41) is 2.48. The van der Waals surface area contributed by atoms with Crippen LogP contribution >= 0.6 is 15.9 Å². The van der Waals surface area contributed by atoms with Crippen molar-refractivity contribution in [1.82, 2.24) is 10.3 Å². The molecule has 1 amide bonds. The van der Waals surface area contributed by atoms with Gasteiger partial charge in [0.1, 0.15) is 17.0 Å². The molecule has 0 aliphatic rings. The topological polar surface area (TPSA) is 77.5 Å². The molecule has 0 aliphatic heterocycles. The van der Waals surface area contributed by atoms with Crippen LogP contribution in [0.3, 0.4) is 0 Å². The molecule has 0 bridgehead atoms. The van der Waals surface area contributed by atoms with Gasteiger partial charge in [0.2, 0.25) is 5.91 Å². The highest BCUT2D eigenvalue weighted by molar-refractivity contribution is 9.10. The molecule has 0 radical (unpaired) electrons. The van der Waals surface area contributed by atoms with Crippen molar-refractivity contribution in [3.05, 3.63) is 22.9 Å². The lowest BCUT2D eigenvalue weighted by molar-refractivity contribution is -0.148. The number of hydrogen-bond acceptors (Lipinski definition) is 5. The predicted octanol–water partition coefficient (Wildman–Crippen LogP) is 1.29. The SMILES string of the molecule is CCOC(=O)C(COc1ccnc(Br)c1)NC(C)=O.